The lowest BCUT2D eigenvalue weighted by atomic mass is 10.3. The molecule has 2 rings (SSSR count). The van der Waals surface area contributed by atoms with Gasteiger partial charge in [-0.2, -0.15) is 18.2 Å². The van der Waals surface area contributed by atoms with Crippen LogP contribution in [0.5, 0.6) is 0 Å². The largest absolute Gasteiger partial charge is 0.451 e. The van der Waals surface area contributed by atoms with E-state index in [1.165, 1.54) is 4.90 Å². The number of halogens is 3. The summed E-state index contributed by atoms with van der Waals surface area (Å²) >= 11 is 0. The highest BCUT2D eigenvalue weighted by Gasteiger charge is 2.39. The van der Waals surface area contributed by atoms with E-state index in [2.05, 4.69) is 15.2 Å². The van der Waals surface area contributed by atoms with Gasteiger partial charge in [-0.25, -0.2) is 0 Å². The van der Waals surface area contributed by atoms with Crippen molar-refractivity contribution in [1.82, 2.24) is 19.7 Å². The first-order valence-corrected chi connectivity index (χ1v) is 5.21. The maximum atomic E-state index is 12.6. The summed E-state index contributed by atoms with van der Waals surface area (Å²) in [5.74, 6) is -1.42. The molecule has 5 N–H and O–H groups in total. The zero-order valence-electron chi connectivity index (χ0n) is 9.65. The quantitative estimate of drug-likeness (QED) is 0.428. The Balaban J connectivity index is 2.21. The van der Waals surface area contributed by atoms with Gasteiger partial charge in [-0.15, -0.1) is 10.2 Å². The van der Waals surface area contributed by atoms with Crippen LogP contribution in [-0.2, 0) is 19.3 Å². The van der Waals surface area contributed by atoms with Gasteiger partial charge in [0, 0.05) is 13.1 Å². The molecule has 0 saturated carbocycles. The number of hydrogen-bond donors (Lipinski definition) is 3. The van der Waals surface area contributed by atoms with Crippen molar-refractivity contribution in [2.45, 2.75) is 19.3 Å². The molecule has 0 amide bonds. The maximum absolute atomic E-state index is 12.6. The van der Waals surface area contributed by atoms with Crippen LogP contribution in [0.4, 0.5) is 13.2 Å². The Morgan fingerprint density at radius 3 is 2.53 bits per heavy atom. The molecule has 19 heavy (non-hydrogen) atoms. The highest BCUT2D eigenvalue weighted by atomic mass is 19.4. The van der Waals surface area contributed by atoms with Crippen molar-refractivity contribution in [3.05, 3.63) is 11.6 Å². The number of nitrogens with one attached hydrogen (secondary N) is 1. The van der Waals surface area contributed by atoms with Crippen molar-refractivity contribution < 1.29 is 13.2 Å². The number of fused-ring (bicyclic) bond motifs is 1. The minimum atomic E-state index is -4.54. The number of nitrogens with zero attached hydrogens (tertiary/aromatic N) is 5. The number of nitrogens with two attached hydrogens (primary N) is 2. The average Bonchev–Trinajstić information content (AvgIpc) is 2.69. The summed E-state index contributed by atoms with van der Waals surface area (Å²) < 4.78 is 38.8. The SMILES string of the molecule is N=C(N=C(N)N)N1CCn2c(nnc2C(F)(F)F)C1. The summed E-state index contributed by atoms with van der Waals surface area (Å²) in [6, 6.07) is 0. The van der Waals surface area contributed by atoms with Gasteiger partial charge in [0.25, 0.3) is 0 Å². The van der Waals surface area contributed by atoms with Crippen LogP contribution in [0.15, 0.2) is 4.99 Å². The number of rotatable bonds is 0. The summed E-state index contributed by atoms with van der Waals surface area (Å²) in [4.78, 5) is 4.94. The molecule has 0 aromatic carbocycles. The molecule has 2 heterocycles. The van der Waals surface area contributed by atoms with Crippen LogP contribution in [0.3, 0.4) is 0 Å². The van der Waals surface area contributed by atoms with Crippen LogP contribution in [0, 0.1) is 5.41 Å². The Labute approximate surface area is 105 Å². The fourth-order valence-electron chi connectivity index (χ4n) is 1.74. The molecule has 0 spiro atoms. The smallest absolute Gasteiger partial charge is 0.370 e. The Morgan fingerprint density at radius 1 is 1.26 bits per heavy atom. The second-order valence-corrected chi connectivity index (χ2v) is 3.87. The molecular weight excluding hydrogens is 265 g/mol. The normalized spacial score (nSPS) is 15.0. The Hall–Kier alpha value is -2.33. The molecule has 1 aliphatic heterocycles. The van der Waals surface area contributed by atoms with Crippen molar-refractivity contribution in [2.24, 2.45) is 16.5 Å². The third-order valence-corrected chi connectivity index (χ3v) is 2.54. The summed E-state index contributed by atoms with van der Waals surface area (Å²) in [6.45, 7) is 0.183. The molecule has 8 nitrogen and oxygen atoms in total. The lowest BCUT2D eigenvalue weighted by molar-refractivity contribution is -0.147. The molecule has 0 saturated heterocycles. The Kier molecular flexibility index (Phi) is 3.04. The van der Waals surface area contributed by atoms with Gasteiger partial charge < -0.3 is 20.9 Å². The molecule has 0 fully saturated rings. The van der Waals surface area contributed by atoms with Crippen LogP contribution < -0.4 is 11.5 Å². The Morgan fingerprint density at radius 2 is 1.95 bits per heavy atom. The van der Waals surface area contributed by atoms with Crippen molar-refractivity contribution in [1.29, 1.82) is 5.41 Å². The average molecular weight is 276 g/mol. The highest BCUT2D eigenvalue weighted by Crippen LogP contribution is 2.29. The molecule has 1 aromatic rings. The number of guanidine groups is 2. The van der Waals surface area contributed by atoms with Crippen LogP contribution in [-0.4, -0.2) is 38.1 Å². The molecule has 0 radical (unpaired) electrons. The van der Waals surface area contributed by atoms with Crippen LogP contribution >= 0.6 is 0 Å². The molecule has 0 unspecified atom stereocenters. The van der Waals surface area contributed by atoms with Gasteiger partial charge in [0.2, 0.25) is 11.8 Å². The summed E-state index contributed by atoms with van der Waals surface area (Å²) in [6.07, 6.45) is -4.54. The first-order valence-electron chi connectivity index (χ1n) is 5.21. The lowest BCUT2D eigenvalue weighted by Gasteiger charge is -2.27. The number of aromatic nitrogens is 3. The second kappa shape index (κ2) is 4.40. The van der Waals surface area contributed by atoms with Gasteiger partial charge in [-0.1, -0.05) is 0 Å². The lowest BCUT2D eigenvalue weighted by Crippen LogP contribution is -2.39. The fourth-order valence-corrected chi connectivity index (χ4v) is 1.74. The second-order valence-electron chi connectivity index (χ2n) is 3.87. The van der Waals surface area contributed by atoms with E-state index in [0.29, 0.717) is 0 Å². The van der Waals surface area contributed by atoms with E-state index in [0.717, 1.165) is 4.57 Å². The molecule has 0 bridgehead atoms. The summed E-state index contributed by atoms with van der Waals surface area (Å²) in [7, 11) is 0. The minimum Gasteiger partial charge on any atom is -0.370 e. The number of hydrogen-bond acceptors (Lipinski definition) is 3. The van der Waals surface area contributed by atoms with E-state index in [1.807, 2.05) is 0 Å². The van der Waals surface area contributed by atoms with Crippen LogP contribution in [0.25, 0.3) is 0 Å². The molecule has 0 aliphatic carbocycles. The van der Waals surface area contributed by atoms with Crippen molar-refractivity contribution in [3.8, 4) is 0 Å². The van der Waals surface area contributed by atoms with E-state index in [4.69, 9.17) is 16.9 Å². The first kappa shape index (κ1) is 13.1. The van der Waals surface area contributed by atoms with Crippen LogP contribution in [0.1, 0.15) is 11.6 Å². The molecule has 0 atom stereocenters. The molecular formula is C8H11F3N8. The molecule has 104 valence electrons. The number of alkyl halides is 3. The van der Waals surface area contributed by atoms with E-state index >= 15 is 0 Å². The van der Waals surface area contributed by atoms with E-state index in [1.54, 1.807) is 0 Å². The number of aliphatic imine (C=N–C) groups is 1. The van der Waals surface area contributed by atoms with Gasteiger partial charge in [-0.05, 0) is 0 Å². The maximum Gasteiger partial charge on any atom is 0.451 e. The van der Waals surface area contributed by atoms with Gasteiger partial charge in [0.05, 0.1) is 6.54 Å². The van der Waals surface area contributed by atoms with Crippen molar-refractivity contribution >= 4 is 11.9 Å². The van der Waals surface area contributed by atoms with Crippen molar-refractivity contribution in [2.75, 3.05) is 6.54 Å². The summed E-state index contributed by atoms with van der Waals surface area (Å²) in [5, 5.41) is 14.2. The standard InChI is InChI=1S/C8H11F3N8/c9-8(10,11)5-17-16-4-3-18(1-2-19(4)5)7(14)15-6(12)13/h1-3H2,(H5,12,13,14,15). The monoisotopic (exact) mass is 276 g/mol. The Bertz CT molecular complexity index is 527. The van der Waals surface area contributed by atoms with E-state index < -0.39 is 12.0 Å². The fraction of sp³-hybridized carbons (Fsp3) is 0.500. The van der Waals surface area contributed by atoms with E-state index in [-0.39, 0.29) is 37.4 Å². The van der Waals surface area contributed by atoms with Gasteiger partial charge in [0.15, 0.2) is 11.8 Å². The topological polar surface area (TPSA) is 122 Å². The van der Waals surface area contributed by atoms with Gasteiger partial charge in [-0.3, -0.25) is 5.41 Å². The molecule has 11 heteroatoms. The predicted molar refractivity (Wildman–Crippen MR) is 59.0 cm³/mol. The van der Waals surface area contributed by atoms with Gasteiger partial charge in [0.1, 0.15) is 0 Å². The zero-order valence-corrected chi connectivity index (χ0v) is 9.65. The van der Waals surface area contributed by atoms with Crippen LogP contribution in [0.2, 0.25) is 0 Å². The van der Waals surface area contributed by atoms with Crippen molar-refractivity contribution in [3.63, 3.8) is 0 Å². The first-order chi connectivity index (χ1) is 8.79. The van der Waals surface area contributed by atoms with E-state index in [9.17, 15) is 13.2 Å². The highest BCUT2D eigenvalue weighted by molar-refractivity contribution is 5.91. The zero-order chi connectivity index (χ0) is 14.2. The molecule has 1 aromatic heterocycles. The third kappa shape index (κ3) is 2.58. The summed E-state index contributed by atoms with van der Waals surface area (Å²) in [5.41, 5.74) is 10.3. The van der Waals surface area contributed by atoms with Gasteiger partial charge >= 0.3 is 6.18 Å². The molecule has 1 aliphatic rings. The third-order valence-electron chi connectivity index (χ3n) is 2.54. The predicted octanol–water partition coefficient (Wildman–Crippen LogP) is -0.679. The minimum absolute atomic E-state index is 0.00130.